The zero-order valence-corrected chi connectivity index (χ0v) is 14.3. The first-order chi connectivity index (χ1) is 11.7. The molecule has 1 aliphatic heterocycles. The van der Waals surface area contributed by atoms with E-state index < -0.39 is 0 Å². The molecule has 128 valence electrons. The van der Waals surface area contributed by atoms with Gasteiger partial charge in [-0.05, 0) is 31.4 Å². The zero-order valence-electron chi connectivity index (χ0n) is 14.3. The van der Waals surface area contributed by atoms with Crippen molar-refractivity contribution in [2.45, 2.75) is 32.9 Å². The van der Waals surface area contributed by atoms with E-state index in [1.807, 2.05) is 17.7 Å². The van der Waals surface area contributed by atoms with Crippen LogP contribution in [0, 0.1) is 12.8 Å². The number of carbonyl (C=O) groups excluding carboxylic acids is 1. The summed E-state index contributed by atoms with van der Waals surface area (Å²) in [6, 6.07) is 10.6. The van der Waals surface area contributed by atoms with Crippen LogP contribution in [0.25, 0.3) is 0 Å². The summed E-state index contributed by atoms with van der Waals surface area (Å²) in [5.74, 6) is 1.65. The Bertz CT molecular complexity index is 652. The molecular formula is C19H26N4O. The number of imidazole rings is 1. The van der Waals surface area contributed by atoms with Crippen LogP contribution < -0.4 is 5.32 Å². The van der Waals surface area contributed by atoms with E-state index in [-0.39, 0.29) is 5.91 Å². The first-order valence-electron chi connectivity index (χ1n) is 8.71. The summed E-state index contributed by atoms with van der Waals surface area (Å²) in [5.41, 5.74) is 1.36. The van der Waals surface area contributed by atoms with Gasteiger partial charge in [0.25, 0.3) is 0 Å². The number of aromatic nitrogens is 2. The quantitative estimate of drug-likeness (QED) is 0.849. The fourth-order valence-electron chi connectivity index (χ4n) is 3.27. The molecule has 1 saturated heterocycles. The molecule has 0 saturated carbocycles. The van der Waals surface area contributed by atoms with E-state index in [1.165, 1.54) is 5.56 Å². The van der Waals surface area contributed by atoms with E-state index >= 15 is 0 Å². The van der Waals surface area contributed by atoms with Crippen LogP contribution in [0.15, 0.2) is 42.7 Å². The Balaban J connectivity index is 1.35. The van der Waals surface area contributed by atoms with Crippen molar-refractivity contribution in [3.8, 4) is 0 Å². The minimum absolute atomic E-state index is 0.129. The Kier molecular flexibility index (Phi) is 5.64. The summed E-state index contributed by atoms with van der Waals surface area (Å²) in [5, 5.41) is 3.09. The molecule has 5 nitrogen and oxygen atoms in total. The SMILES string of the molecule is Cc1nccn1CCC(=O)NCC1CCN(Cc2ccccc2)C1. The summed E-state index contributed by atoms with van der Waals surface area (Å²) in [6.45, 7) is 6.62. The highest BCUT2D eigenvalue weighted by Gasteiger charge is 2.22. The van der Waals surface area contributed by atoms with Crippen LogP contribution in [-0.4, -0.2) is 40.0 Å². The summed E-state index contributed by atoms with van der Waals surface area (Å²) in [7, 11) is 0. The lowest BCUT2D eigenvalue weighted by molar-refractivity contribution is -0.121. The largest absolute Gasteiger partial charge is 0.356 e. The van der Waals surface area contributed by atoms with Crippen LogP contribution in [0.3, 0.4) is 0 Å². The smallest absolute Gasteiger partial charge is 0.221 e. The van der Waals surface area contributed by atoms with Gasteiger partial charge in [0, 0.05) is 45.0 Å². The van der Waals surface area contributed by atoms with Crippen molar-refractivity contribution in [1.29, 1.82) is 0 Å². The van der Waals surface area contributed by atoms with E-state index in [4.69, 9.17) is 0 Å². The van der Waals surface area contributed by atoms with E-state index in [1.54, 1.807) is 6.20 Å². The van der Waals surface area contributed by atoms with Crippen molar-refractivity contribution in [3.05, 3.63) is 54.1 Å². The molecule has 1 atom stereocenters. The number of rotatable bonds is 7. The molecule has 0 spiro atoms. The lowest BCUT2D eigenvalue weighted by Gasteiger charge is -2.16. The number of aryl methyl sites for hydroxylation is 2. The lowest BCUT2D eigenvalue weighted by atomic mass is 10.1. The standard InChI is InChI=1S/C19H26N4O/c1-16-20-9-12-23(16)11-8-19(24)21-13-18-7-10-22(15-18)14-17-5-3-2-4-6-17/h2-6,9,12,18H,7-8,10-11,13-15H2,1H3,(H,21,24). The maximum absolute atomic E-state index is 12.0. The predicted molar refractivity (Wildman–Crippen MR) is 94.4 cm³/mol. The minimum Gasteiger partial charge on any atom is -0.356 e. The van der Waals surface area contributed by atoms with Gasteiger partial charge in [0.2, 0.25) is 5.91 Å². The molecule has 2 heterocycles. The summed E-state index contributed by atoms with van der Waals surface area (Å²) in [6.07, 6.45) is 5.36. The van der Waals surface area contributed by atoms with E-state index in [0.29, 0.717) is 18.9 Å². The lowest BCUT2D eigenvalue weighted by Crippen LogP contribution is -2.31. The Morgan fingerprint density at radius 2 is 2.17 bits per heavy atom. The average Bonchev–Trinajstić information content (AvgIpc) is 3.21. The maximum Gasteiger partial charge on any atom is 0.221 e. The van der Waals surface area contributed by atoms with Gasteiger partial charge in [-0.3, -0.25) is 9.69 Å². The number of benzene rings is 1. The summed E-state index contributed by atoms with van der Waals surface area (Å²) < 4.78 is 2.01. The third-order valence-corrected chi connectivity index (χ3v) is 4.71. The second-order valence-electron chi connectivity index (χ2n) is 6.60. The van der Waals surface area contributed by atoms with Gasteiger partial charge in [0.05, 0.1) is 0 Å². The van der Waals surface area contributed by atoms with Crippen molar-refractivity contribution in [1.82, 2.24) is 19.8 Å². The normalized spacial score (nSPS) is 18.0. The molecule has 1 aliphatic rings. The van der Waals surface area contributed by atoms with Crippen LogP contribution in [0.2, 0.25) is 0 Å². The Hall–Kier alpha value is -2.14. The minimum atomic E-state index is 0.129. The van der Waals surface area contributed by atoms with Gasteiger partial charge in [-0.1, -0.05) is 30.3 Å². The predicted octanol–water partition coefficient (Wildman–Crippen LogP) is 2.22. The molecule has 2 aromatic rings. The van der Waals surface area contributed by atoms with E-state index in [0.717, 1.165) is 38.4 Å². The fourth-order valence-corrected chi connectivity index (χ4v) is 3.27. The Morgan fingerprint density at radius 1 is 1.33 bits per heavy atom. The first-order valence-corrected chi connectivity index (χ1v) is 8.71. The van der Waals surface area contributed by atoms with Crippen molar-refractivity contribution in [2.75, 3.05) is 19.6 Å². The van der Waals surface area contributed by atoms with Crippen LogP contribution >= 0.6 is 0 Å². The summed E-state index contributed by atoms with van der Waals surface area (Å²) in [4.78, 5) is 18.7. The number of amides is 1. The van der Waals surface area contributed by atoms with Crippen molar-refractivity contribution < 1.29 is 4.79 Å². The average molecular weight is 326 g/mol. The number of hydrogen-bond acceptors (Lipinski definition) is 3. The molecule has 3 rings (SSSR count). The second kappa shape index (κ2) is 8.11. The molecule has 0 bridgehead atoms. The molecule has 1 N–H and O–H groups in total. The molecule has 1 unspecified atom stereocenters. The zero-order chi connectivity index (χ0) is 16.8. The van der Waals surface area contributed by atoms with Crippen LogP contribution in [0.5, 0.6) is 0 Å². The molecule has 5 heteroatoms. The molecule has 1 fully saturated rings. The first kappa shape index (κ1) is 16.7. The molecule has 0 radical (unpaired) electrons. The third kappa shape index (κ3) is 4.68. The molecule has 1 aromatic heterocycles. The fraction of sp³-hybridized carbons (Fsp3) is 0.474. The van der Waals surface area contributed by atoms with Crippen LogP contribution in [0.1, 0.15) is 24.2 Å². The molecule has 1 amide bonds. The van der Waals surface area contributed by atoms with Crippen LogP contribution in [-0.2, 0) is 17.9 Å². The molecule has 24 heavy (non-hydrogen) atoms. The topological polar surface area (TPSA) is 50.2 Å². The van der Waals surface area contributed by atoms with Gasteiger partial charge >= 0.3 is 0 Å². The van der Waals surface area contributed by atoms with E-state index in [9.17, 15) is 4.79 Å². The van der Waals surface area contributed by atoms with Crippen molar-refractivity contribution >= 4 is 5.91 Å². The maximum atomic E-state index is 12.0. The van der Waals surface area contributed by atoms with Crippen molar-refractivity contribution in [2.24, 2.45) is 5.92 Å². The number of nitrogens with zero attached hydrogens (tertiary/aromatic N) is 3. The molecular weight excluding hydrogens is 300 g/mol. The number of nitrogens with one attached hydrogen (secondary N) is 1. The molecule has 0 aliphatic carbocycles. The van der Waals surface area contributed by atoms with E-state index in [2.05, 4.69) is 45.5 Å². The second-order valence-corrected chi connectivity index (χ2v) is 6.60. The van der Waals surface area contributed by atoms with Crippen molar-refractivity contribution in [3.63, 3.8) is 0 Å². The van der Waals surface area contributed by atoms with Gasteiger partial charge < -0.3 is 9.88 Å². The van der Waals surface area contributed by atoms with Gasteiger partial charge in [-0.2, -0.15) is 0 Å². The third-order valence-electron chi connectivity index (χ3n) is 4.71. The van der Waals surface area contributed by atoms with Crippen LogP contribution in [0.4, 0.5) is 0 Å². The highest BCUT2D eigenvalue weighted by Crippen LogP contribution is 2.18. The highest BCUT2D eigenvalue weighted by molar-refractivity contribution is 5.75. The van der Waals surface area contributed by atoms with Gasteiger partial charge in [0.1, 0.15) is 5.82 Å². The van der Waals surface area contributed by atoms with Gasteiger partial charge in [-0.25, -0.2) is 4.98 Å². The Morgan fingerprint density at radius 3 is 2.92 bits per heavy atom. The number of carbonyl (C=O) groups is 1. The molecule has 1 aromatic carbocycles. The number of hydrogen-bond donors (Lipinski definition) is 1. The highest BCUT2D eigenvalue weighted by atomic mass is 16.1. The number of likely N-dealkylation sites (tertiary alicyclic amines) is 1. The monoisotopic (exact) mass is 326 g/mol. The van der Waals surface area contributed by atoms with Gasteiger partial charge in [0.15, 0.2) is 0 Å². The Labute approximate surface area is 143 Å². The summed E-state index contributed by atoms with van der Waals surface area (Å²) >= 11 is 0. The van der Waals surface area contributed by atoms with Gasteiger partial charge in [-0.15, -0.1) is 0 Å².